The van der Waals surface area contributed by atoms with Crippen molar-refractivity contribution in [2.75, 3.05) is 5.32 Å². The lowest BCUT2D eigenvalue weighted by Crippen LogP contribution is -2.42. The Morgan fingerprint density at radius 1 is 1.00 bits per heavy atom. The SMILES string of the molecule is Cc1ccc(NC(C)C(=O)NC(C)CCc2ccccc2)cc1. The van der Waals surface area contributed by atoms with Crippen LogP contribution in [0, 0.1) is 6.92 Å². The first-order chi connectivity index (χ1) is 11.0. The third-order valence-corrected chi connectivity index (χ3v) is 3.93. The second kappa shape index (κ2) is 8.37. The van der Waals surface area contributed by atoms with Crippen molar-refractivity contribution in [2.24, 2.45) is 0 Å². The first kappa shape index (κ1) is 17.1. The predicted octanol–water partition coefficient (Wildman–Crippen LogP) is 3.93. The summed E-state index contributed by atoms with van der Waals surface area (Å²) in [5.41, 5.74) is 3.48. The zero-order chi connectivity index (χ0) is 16.7. The minimum atomic E-state index is -0.253. The van der Waals surface area contributed by atoms with E-state index in [9.17, 15) is 4.79 Å². The Balaban J connectivity index is 1.77. The molecule has 2 rings (SSSR count). The zero-order valence-electron chi connectivity index (χ0n) is 14.2. The van der Waals surface area contributed by atoms with Crippen molar-refractivity contribution in [3.05, 3.63) is 65.7 Å². The van der Waals surface area contributed by atoms with E-state index in [-0.39, 0.29) is 18.0 Å². The van der Waals surface area contributed by atoms with Crippen molar-refractivity contribution in [3.63, 3.8) is 0 Å². The highest BCUT2D eigenvalue weighted by atomic mass is 16.2. The van der Waals surface area contributed by atoms with Crippen LogP contribution in [0.4, 0.5) is 5.69 Å². The fourth-order valence-electron chi connectivity index (χ4n) is 2.43. The molecule has 2 aromatic carbocycles. The van der Waals surface area contributed by atoms with Gasteiger partial charge in [-0.25, -0.2) is 0 Å². The second-order valence-corrected chi connectivity index (χ2v) is 6.17. The number of hydrogen-bond acceptors (Lipinski definition) is 2. The number of carbonyl (C=O) groups is 1. The molecule has 122 valence electrons. The Morgan fingerprint density at radius 2 is 1.65 bits per heavy atom. The average molecular weight is 310 g/mol. The van der Waals surface area contributed by atoms with Crippen molar-refractivity contribution in [1.29, 1.82) is 0 Å². The van der Waals surface area contributed by atoms with Crippen LogP contribution in [0.5, 0.6) is 0 Å². The van der Waals surface area contributed by atoms with Gasteiger partial charge in [0.25, 0.3) is 0 Å². The maximum atomic E-state index is 12.3. The van der Waals surface area contributed by atoms with Gasteiger partial charge in [0.2, 0.25) is 5.91 Å². The topological polar surface area (TPSA) is 41.1 Å². The Morgan fingerprint density at radius 3 is 2.30 bits per heavy atom. The number of benzene rings is 2. The molecule has 3 heteroatoms. The summed E-state index contributed by atoms with van der Waals surface area (Å²) in [4.78, 5) is 12.3. The van der Waals surface area contributed by atoms with E-state index in [0.717, 1.165) is 18.5 Å². The molecule has 2 aromatic rings. The lowest BCUT2D eigenvalue weighted by molar-refractivity contribution is -0.122. The Labute approximate surface area is 139 Å². The summed E-state index contributed by atoms with van der Waals surface area (Å²) < 4.78 is 0. The highest BCUT2D eigenvalue weighted by Gasteiger charge is 2.15. The van der Waals surface area contributed by atoms with Crippen LogP contribution in [-0.2, 0) is 11.2 Å². The van der Waals surface area contributed by atoms with Crippen molar-refractivity contribution >= 4 is 11.6 Å². The van der Waals surface area contributed by atoms with Gasteiger partial charge in [-0.1, -0.05) is 48.0 Å². The van der Waals surface area contributed by atoms with E-state index in [4.69, 9.17) is 0 Å². The van der Waals surface area contributed by atoms with Crippen LogP contribution in [0.15, 0.2) is 54.6 Å². The fourth-order valence-corrected chi connectivity index (χ4v) is 2.43. The Kier molecular flexibility index (Phi) is 6.21. The van der Waals surface area contributed by atoms with Crippen molar-refractivity contribution < 1.29 is 4.79 Å². The lowest BCUT2D eigenvalue weighted by atomic mass is 10.1. The molecule has 3 nitrogen and oxygen atoms in total. The largest absolute Gasteiger partial charge is 0.374 e. The number of rotatable bonds is 7. The van der Waals surface area contributed by atoms with Gasteiger partial charge < -0.3 is 10.6 Å². The van der Waals surface area contributed by atoms with Gasteiger partial charge in [0.15, 0.2) is 0 Å². The minimum Gasteiger partial charge on any atom is -0.374 e. The summed E-state index contributed by atoms with van der Waals surface area (Å²) in [6.07, 6.45) is 1.91. The maximum Gasteiger partial charge on any atom is 0.242 e. The van der Waals surface area contributed by atoms with Crippen LogP contribution < -0.4 is 10.6 Å². The molecule has 0 aliphatic heterocycles. The van der Waals surface area contributed by atoms with E-state index in [2.05, 4.69) is 29.7 Å². The molecule has 0 aliphatic rings. The predicted molar refractivity (Wildman–Crippen MR) is 96.6 cm³/mol. The first-order valence-electron chi connectivity index (χ1n) is 8.22. The van der Waals surface area contributed by atoms with E-state index >= 15 is 0 Å². The highest BCUT2D eigenvalue weighted by Crippen LogP contribution is 2.10. The third kappa shape index (κ3) is 5.78. The summed E-state index contributed by atoms with van der Waals surface area (Å²) in [6.45, 7) is 5.99. The molecule has 0 heterocycles. The van der Waals surface area contributed by atoms with Gasteiger partial charge in [-0.3, -0.25) is 4.79 Å². The second-order valence-electron chi connectivity index (χ2n) is 6.17. The molecule has 0 aromatic heterocycles. The molecule has 23 heavy (non-hydrogen) atoms. The van der Waals surface area contributed by atoms with Crippen LogP contribution in [0.25, 0.3) is 0 Å². The summed E-state index contributed by atoms with van der Waals surface area (Å²) in [5.74, 6) is 0.0335. The standard InChI is InChI=1S/C20H26N2O/c1-15-9-13-19(14-10-15)22-17(3)20(23)21-16(2)11-12-18-7-5-4-6-8-18/h4-10,13-14,16-17,22H,11-12H2,1-3H3,(H,21,23). The van der Waals surface area contributed by atoms with E-state index < -0.39 is 0 Å². The number of anilines is 1. The molecule has 0 radical (unpaired) electrons. The lowest BCUT2D eigenvalue weighted by Gasteiger charge is -2.19. The molecule has 1 amide bonds. The molecule has 2 atom stereocenters. The van der Waals surface area contributed by atoms with Crippen molar-refractivity contribution in [1.82, 2.24) is 5.32 Å². The van der Waals surface area contributed by atoms with Crippen LogP contribution in [-0.4, -0.2) is 18.0 Å². The van der Waals surface area contributed by atoms with E-state index in [1.54, 1.807) is 0 Å². The molecule has 0 saturated carbocycles. The van der Waals surface area contributed by atoms with Gasteiger partial charge in [-0.15, -0.1) is 0 Å². The van der Waals surface area contributed by atoms with E-state index in [1.165, 1.54) is 11.1 Å². The number of hydrogen-bond donors (Lipinski definition) is 2. The zero-order valence-corrected chi connectivity index (χ0v) is 14.2. The Hall–Kier alpha value is -2.29. The molecular formula is C20H26N2O. The summed E-state index contributed by atoms with van der Waals surface area (Å²) in [5, 5.41) is 6.32. The quantitative estimate of drug-likeness (QED) is 0.813. The molecular weight excluding hydrogens is 284 g/mol. The third-order valence-electron chi connectivity index (χ3n) is 3.93. The van der Waals surface area contributed by atoms with Gasteiger partial charge in [0.1, 0.15) is 6.04 Å². The minimum absolute atomic E-state index is 0.0335. The fraction of sp³-hybridized carbons (Fsp3) is 0.350. The monoisotopic (exact) mass is 310 g/mol. The van der Waals surface area contributed by atoms with Crippen LogP contribution >= 0.6 is 0 Å². The molecule has 0 fully saturated rings. The summed E-state index contributed by atoms with van der Waals surface area (Å²) in [6, 6.07) is 18.3. The number of carbonyl (C=O) groups excluding carboxylic acids is 1. The maximum absolute atomic E-state index is 12.3. The van der Waals surface area contributed by atoms with Gasteiger partial charge in [-0.05, 0) is 51.3 Å². The normalized spacial score (nSPS) is 13.2. The Bertz CT molecular complexity index is 607. The molecule has 2 unspecified atom stereocenters. The van der Waals surface area contributed by atoms with Crippen molar-refractivity contribution in [2.45, 2.75) is 45.7 Å². The smallest absolute Gasteiger partial charge is 0.242 e. The number of aryl methyl sites for hydroxylation is 2. The molecule has 0 aliphatic carbocycles. The highest BCUT2D eigenvalue weighted by molar-refractivity contribution is 5.84. The van der Waals surface area contributed by atoms with Gasteiger partial charge >= 0.3 is 0 Å². The molecule has 0 bridgehead atoms. The number of amides is 1. The van der Waals surface area contributed by atoms with E-state index in [1.807, 2.05) is 56.3 Å². The summed E-state index contributed by atoms with van der Waals surface area (Å²) in [7, 11) is 0. The molecule has 2 N–H and O–H groups in total. The summed E-state index contributed by atoms with van der Waals surface area (Å²) >= 11 is 0. The first-order valence-corrected chi connectivity index (χ1v) is 8.22. The van der Waals surface area contributed by atoms with Gasteiger partial charge in [0.05, 0.1) is 0 Å². The number of nitrogens with one attached hydrogen (secondary N) is 2. The van der Waals surface area contributed by atoms with Gasteiger partial charge in [-0.2, -0.15) is 0 Å². The van der Waals surface area contributed by atoms with Crippen LogP contribution in [0.1, 0.15) is 31.4 Å². The molecule has 0 saturated heterocycles. The van der Waals surface area contributed by atoms with E-state index in [0.29, 0.717) is 0 Å². The van der Waals surface area contributed by atoms with Crippen LogP contribution in [0.3, 0.4) is 0 Å². The van der Waals surface area contributed by atoms with Crippen molar-refractivity contribution in [3.8, 4) is 0 Å². The van der Waals surface area contributed by atoms with Crippen LogP contribution in [0.2, 0.25) is 0 Å². The molecule has 0 spiro atoms. The van der Waals surface area contributed by atoms with Gasteiger partial charge in [0, 0.05) is 11.7 Å². The average Bonchev–Trinajstić information content (AvgIpc) is 2.56.